The first-order valence-electron chi connectivity index (χ1n) is 2.97. The lowest BCUT2D eigenvalue weighted by atomic mass is 10.3. The van der Waals surface area contributed by atoms with Gasteiger partial charge in [0, 0.05) is 5.56 Å². The van der Waals surface area contributed by atoms with Crippen molar-refractivity contribution < 1.29 is 9.53 Å². The Bertz CT molecular complexity index is 282. The van der Waals surface area contributed by atoms with Crippen LogP contribution < -0.4 is 10.5 Å². The molecule has 0 saturated carbocycles. The first kappa shape index (κ1) is 8.00. The van der Waals surface area contributed by atoms with Crippen molar-refractivity contribution in [3.05, 3.63) is 10.4 Å². The number of primary amides is 1. The Balaban J connectivity index is 3.10. The van der Waals surface area contributed by atoms with Crippen molar-refractivity contribution in [2.45, 2.75) is 6.92 Å². The fourth-order valence-electron chi connectivity index (χ4n) is 0.741. The predicted molar refractivity (Wildman–Crippen MR) is 41.9 cm³/mol. The van der Waals surface area contributed by atoms with Crippen LogP contribution in [0.25, 0.3) is 0 Å². The summed E-state index contributed by atoms with van der Waals surface area (Å²) < 4.78 is 8.74. The Morgan fingerprint density at radius 1 is 1.73 bits per heavy atom. The van der Waals surface area contributed by atoms with E-state index in [0.717, 1.165) is 11.5 Å². The van der Waals surface area contributed by atoms with Crippen LogP contribution in [0.4, 0.5) is 0 Å². The molecular formula is C6H8N2O2S. The molecule has 0 spiro atoms. The largest absolute Gasteiger partial charge is 0.480 e. The molecule has 0 aliphatic heterocycles. The zero-order chi connectivity index (χ0) is 8.43. The third-order valence-corrected chi connectivity index (χ3v) is 2.25. The van der Waals surface area contributed by atoms with Crippen LogP contribution in [0.1, 0.15) is 15.2 Å². The van der Waals surface area contributed by atoms with Gasteiger partial charge in [-0.3, -0.25) is 4.79 Å². The van der Waals surface area contributed by atoms with Crippen molar-refractivity contribution in [3.8, 4) is 5.88 Å². The van der Waals surface area contributed by atoms with Gasteiger partial charge in [-0.1, -0.05) is 0 Å². The minimum Gasteiger partial charge on any atom is -0.480 e. The van der Waals surface area contributed by atoms with E-state index in [1.165, 1.54) is 7.11 Å². The summed E-state index contributed by atoms with van der Waals surface area (Å²) in [6.45, 7) is 1.75. The van der Waals surface area contributed by atoms with Gasteiger partial charge in [0.15, 0.2) is 0 Å². The van der Waals surface area contributed by atoms with Gasteiger partial charge in [-0.2, -0.15) is 4.37 Å². The minimum absolute atomic E-state index is 0.455. The predicted octanol–water partition coefficient (Wildman–Crippen LogP) is 0.559. The summed E-state index contributed by atoms with van der Waals surface area (Å²) in [5.41, 5.74) is 5.77. The number of ether oxygens (including phenoxy) is 1. The summed E-state index contributed by atoms with van der Waals surface area (Å²) in [5, 5.41) is 0. The first-order valence-corrected chi connectivity index (χ1v) is 3.74. The minimum atomic E-state index is -0.455. The summed E-state index contributed by atoms with van der Waals surface area (Å²) in [6, 6.07) is 0. The second kappa shape index (κ2) is 2.87. The number of hydrogen-bond donors (Lipinski definition) is 1. The van der Waals surface area contributed by atoms with E-state index in [1.807, 2.05) is 0 Å². The highest BCUT2D eigenvalue weighted by atomic mass is 32.1. The van der Waals surface area contributed by atoms with Crippen molar-refractivity contribution in [2.75, 3.05) is 7.11 Å². The number of carbonyl (C=O) groups excluding carboxylic acids is 1. The molecule has 1 heterocycles. The third kappa shape index (κ3) is 1.32. The van der Waals surface area contributed by atoms with Crippen molar-refractivity contribution >= 4 is 17.4 Å². The summed E-state index contributed by atoms with van der Waals surface area (Å²) in [7, 11) is 1.51. The van der Waals surface area contributed by atoms with Gasteiger partial charge < -0.3 is 10.5 Å². The smallest absolute Gasteiger partial charge is 0.260 e. The standard InChI is InChI=1S/C6H8N2O2S/c1-3-4(5(7)9)11-8-6(3)10-2/h1-2H3,(H2,7,9). The van der Waals surface area contributed by atoms with Gasteiger partial charge in [-0.15, -0.1) is 0 Å². The number of hydrogen-bond acceptors (Lipinski definition) is 4. The molecule has 0 atom stereocenters. The molecule has 60 valence electrons. The van der Waals surface area contributed by atoms with Gasteiger partial charge in [-0.25, -0.2) is 0 Å². The van der Waals surface area contributed by atoms with Gasteiger partial charge in [0.05, 0.1) is 7.11 Å². The number of methoxy groups -OCH3 is 1. The Morgan fingerprint density at radius 3 is 2.64 bits per heavy atom. The normalized spacial score (nSPS) is 9.64. The molecule has 0 aromatic carbocycles. The van der Waals surface area contributed by atoms with Gasteiger partial charge >= 0.3 is 0 Å². The second-order valence-electron chi connectivity index (χ2n) is 2.01. The SMILES string of the molecule is COc1nsc(C(N)=O)c1C. The third-order valence-electron chi connectivity index (χ3n) is 1.30. The van der Waals surface area contributed by atoms with Crippen LogP contribution >= 0.6 is 11.5 Å². The fraction of sp³-hybridized carbons (Fsp3) is 0.333. The van der Waals surface area contributed by atoms with Gasteiger partial charge in [0.25, 0.3) is 5.91 Å². The number of nitrogens with zero attached hydrogens (tertiary/aromatic N) is 1. The number of aromatic nitrogens is 1. The lowest BCUT2D eigenvalue weighted by Crippen LogP contribution is -2.09. The fourth-order valence-corrected chi connectivity index (χ4v) is 1.44. The van der Waals surface area contributed by atoms with Crippen LogP contribution in [-0.2, 0) is 0 Å². The average Bonchev–Trinajstić information content (AvgIpc) is 2.30. The van der Waals surface area contributed by atoms with Crippen molar-refractivity contribution in [1.82, 2.24) is 4.37 Å². The summed E-state index contributed by atoms with van der Waals surface area (Å²) in [5.74, 6) is 0.0205. The van der Waals surface area contributed by atoms with Crippen LogP contribution in [0.5, 0.6) is 5.88 Å². The highest BCUT2D eigenvalue weighted by Gasteiger charge is 2.13. The van der Waals surface area contributed by atoms with E-state index in [9.17, 15) is 4.79 Å². The van der Waals surface area contributed by atoms with E-state index in [4.69, 9.17) is 10.5 Å². The van der Waals surface area contributed by atoms with Crippen molar-refractivity contribution in [3.63, 3.8) is 0 Å². The van der Waals surface area contributed by atoms with E-state index >= 15 is 0 Å². The van der Waals surface area contributed by atoms with Gasteiger partial charge in [-0.05, 0) is 18.5 Å². The van der Waals surface area contributed by atoms with Gasteiger partial charge in [0.2, 0.25) is 5.88 Å². The van der Waals surface area contributed by atoms with E-state index in [0.29, 0.717) is 16.3 Å². The molecule has 4 nitrogen and oxygen atoms in total. The molecule has 1 amide bonds. The lowest BCUT2D eigenvalue weighted by molar-refractivity contribution is 0.100. The van der Waals surface area contributed by atoms with E-state index in [-0.39, 0.29) is 0 Å². The Kier molecular flexibility index (Phi) is 2.09. The second-order valence-corrected chi connectivity index (χ2v) is 2.78. The van der Waals surface area contributed by atoms with Crippen LogP contribution in [-0.4, -0.2) is 17.4 Å². The molecule has 0 unspecified atom stereocenters. The topological polar surface area (TPSA) is 65.2 Å². The van der Waals surface area contributed by atoms with E-state index in [2.05, 4.69) is 4.37 Å². The number of nitrogens with two attached hydrogens (primary N) is 1. The zero-order valence-electron chi connectivity index (χ0n) is 6.25. The number of amides is 1. The molecule has 2 N–H and O–H groups in total. The maximum Gasteiger partial charge on any atom is 0.260 e. The molecule has 11 heavy (non-hydrogen) atoms. The van der Waals surface area contributed by atoms with Crippen molar-refractivity contribution in [1.29, 1.82) is 0 Å². The molecule has 5 heteroatoms. The maximum atomic E-state index is 10.7. The first-order chi connectivity index (χ1) is 5.16. The maximum absolute atomic E-state index is 10.7. The molecule has 0 fully saturated rings. The van der Waals surface area contributed by atoms with Crippen molar-refractivity contribution in [2.24, 2.45) is 5.73 Å². The molecule has 0 radical (unpaired) electrons. The van der Waals surface area contributed by atoms with Crippen LogP contribution in [0.3, 0.4) is 0 Å². The lowest BCUT2D eigenvalue weighted by Gasteiger charge is -1.93. The molecular weight excluding hydrogens is 164 g/mol. The van der Waals surface area contributed by atoms with E-state index < -0.39 is 5.91 Å². The monoisotopic (exact) mass is 172 g/mol. The number of carbonyl (C=O) groups is 1. The summed E-state index contributed by atoms with van der Waals surface area (Å²) >= 11 is 1.06. The molecule has 1 aromatic rings. The molecule has 0 saturated heterocycles. The molecule has 0 bridgehead atoms. The molecule has 1 rings (SSSR count). The summed E-state index contributed by atoms with van der Waals surface area (Å²) in [6.07, 6.45) is 0. The molecule has 0 aliphatic rings. The summed E-state index contributed by atoms with van der Waals surface area (Å²) in [4.78, 5) is 11.1. The average molecular weight is 172 g/mol. The van der Waals surface area contributed by atoms with Crippen LogP contribution in [0.2, 0.25) is 0 Å². The van der Waals surface area contributed by atoms with Crippen LogP contribution in [0, 0.1) is 6.92 Å². The molecule has 0 aliphatic carbocycles. The Morgan fingerprint density at radius 2 is 2.36 bits per heavy atom. The highest BCUT2D eigenvalue weighted by molar-refractivity contribution is 7.08. The zero-order valence-corrected chi connectivity index (χ0v) is 7.07. The van der Waals surface area contributed by atoms with Gasteiger partial charge in [0.1, 0.15) is 4.88 Å². The molecule has 1 aromatic heterocycles. The van der Waals surface area contributed by atoms with Crippen LogP contribution in [0.15, 0.2) is 0 Å². The van der Waals surface area contributed by atoms with E-state index in [1.54, 1.807) is 6.92 Å². The highest BCUT2D eigenvalue weighted by Crippen LogP contribution is 2.22. The Labute approximate surface area is 68.1 Å². The number of rotatable bonds is 2. The Hall–Kier alpha value is -1.10. The quantitative estimate of drug-likeness (QED) is 0.708.